The molecule has 0 saturated carbocycles. The standard InChI is InChI=1S/C15H14N2O4S/c18-15(14-2-1-9-22-14)12-10-11(17(19)20)3-4-13(12)16-5-7-21-8-6-16/h1-4,9-10H,5-8H2. The van der Waals surface area contributed by atoms with E-state index in [1.165, 1.54) is 23.5 Å². The SMILES string of the molecule is O=C(c1cccs1)c1cc([N+](=O)[O-])ccc1N1CCOCC1. The van der Waals surface area contributed by atoms with Crippen LogP contribution in [0.25, 0.3) is 0 Å². The maximum atomic E-state index is 12.7. The summed E-state index contributed by atoms with van der Waals surface area (Å²) in [5.74, 6) is -0.180. The van der Waals surface area contributed by atoms with Crippen molar-refractivity contribution in [2.75, 3.05) is 31.2 Å². The van der Waals surface area contributed by atoms with E-state index in [4.69, 9.17) is 4.74 Å². The molecule has 1 aliphatic heterocycles. The number of ketones is 1. The molecule has 7 heteroatoms. The number of hydrogen-bond donors (Lipinski definition) is 0. The average molecular weight is 318 g/mol. The molecular weight excluding hydrogens is 304 g/mol. The smallest absolute Gasteiger partial charge is 0.270 e. The van der Waals surface area contributed by atoms with Gasteiger partial charge in [0.05, 0.1) is 28.6 Å². The number of morpholine rings is 1. The largest absolute Gasteiger partial charge is 0.378 e. The quantitative estimate of drug-likeness (QED) is 0.492. The molecule has 22 heavy (non-hydrogen) atoms. The molecule has 0 spiro atoms. The van der Waals surface area contributed by atoms with Gasteiger partial charge in [-0.1, -0.05) is 6.07 Å². The molecule has 0 amide bonds. The van der Waals surface area contributed by atoms with Crippen LogP contribution in [0.15, 0.2) is 35.7 Å². The Labute approximate surface area is 131 Å². The van der Waals surface area contributed by atoms with Gasteiger partial charge in [-0.15, -0.1) is 11.3 Å². The van der Waals surface area contributed by atoms with E-state index in [1.54, 1.807) is 18.2 Å². The summed E-state index contributed by atoms with van der Waals surface area (Å²) in [6.07, 6.45) is 0. The first-order valence-electron chi connectivity index (χ1n) is 6.86. The number of non-ortho nitro benzene ring substituents is 1. The molecule has 1 aromatic heterocycles. The van der Waals surface area contributed by atoms with E-state index in [2.05, 4.69) is 0 Å². The van der Waals surface area contributed by atoms with Gasteiger partial charge in [-0.3, -0.25) is 14.9 Å². The van der Waals surface area contributed by atoms with Crippen molar-refractivity contribution in [3.63, 3.8) is 0 Å². The molecule has 1 fully saturated rings. The number of ether oxygens (including phenoxy) is 1. The number of hydrogen-bond acceptors (Lipinski definition) is 6. The van der Waals surface area contributed by atoms with Gasteiger partial charge in [-0.2, -0.15) is 0 Å². The van der Waals surface area contributed by atoms with Crippen molar-refractivity contribution in [3.8, 4) is 0 Å². The second-order valence-electron chi connectivity index (χ2n) is 4.86. The number of nitro benzene ring substituents is 1. The summed E-state index contributed by atoms with van der Waals surface area (Å²) >= 11 is 1.33. The van der Waals surface area contributed by atoms with E-state index in [1.807, 2.05) is 10.3 Å². The van der Waals surface area contributed by atoms with Crippen LogP contribution in [0.5, 0.6) is 0 Å². The van der Waals surface area contributed by atoms with Gasteiger partial charge in [-0.25, -0.2) is 0 Å². The van der Waals surface area contributed by atoms with Crippen LogP contribution in [-0.2, 0) is 4.74 Å². The highest BCUT2D eigenvalue weighted by molar-refractivity contribution is 7.12. The summed E-state index contributed by atoms with van der Waals surface area (Å²) < 4.78 is 5.32. The van der Waals surface area contributed by atoms with Crippen molar-refractivity contribution < 1.29 is 14.5 Å². The fourth-order valence-corrected chi connectivity index (χ4v) is 3.12. The molecule has 0 bridgehead atoms. The zero-order valence-corrected chi connectivity index (χ0v) is 12.5. The Morgan fingerprint density at radius 3 is 2.68 bits per heavy atom. The molecule has 0 aliphatic carbocycles. The van der Waals surface area contributed by atoms with Crippen LogP contribution in [0.3, 0.4) is 0 Å². The average Bonchev–Trinajstić information content (AvgIpc) is 3.09. The van der Waals surface area contributed by atoms with Crippen molar-refractivity contribution in [2.45, 2.75) is 0 Å². The third-order valence-corrected chi connectivity index (χ3v) is 4.40. The fourth-order valence-electron chi connectivity index (χ4n) is 2.44. The molecule has 0 atom stereocenters. The Morgan fingerprint density at radius 2 is 2.05 bits per heavy atom. The molecule has 2 heterocycles. The first kappa shape index (κ1) is 14.7. The van der Waals surface area contributed by atoms with Crippen LogP contribution >= 0.6 is 11.3 Å². The number of carbonyl (C=O) groups excluding carboxylic acids is 1. The van der Waals surface area contributed by atoms with E-state index in [0.29, 0.717) is 36.7 Å². The van der Waals surface area contributed by atoms with Crippen LogP contribution in [0, 0.1) is 10.1 Å². The van der Waals surface area contributed by atoms with Gasteiger partial charge in [-0.05, 0) is 17.5 Å². The molecule has 1 aliphatic rings. The van der Waals surface area contributed by atoms with Gasteiger partial charge in [0.1, 0.15) is 0 Å². The second kappa shape index (κ2) is 6.25. The molecule has 0 N–H and O–H groups in total. The van der Waals surface area contributed by atoms with Crippen LogP contribution in [-0.4, -0.2) is 37.0 Å². The predicted molar refractivity (Wildman–Crippen MR) is 83.9 cm³/mol. The number of nitro groups is 1. The maximum Gasteiger partial charge on any atom is 0.270 e. The third kappa shape index (κ3) is 2.86. The third-order valence-electron chi connectivity index (χ3n) is 3.53. The highest BCUT2D eigenvalue weighted by Gasteiger charge is 2.23. The predicted octanol–water partition coefficient (Wildman–Crippen LogP) is 2.72. The van der Waals surface area contributed by atoms with Crippen molar-refractivity contribution in [3.05, 3.63) is 56.3 Å². The number of nitrogens with zero attached hydrogens (tertiary/aromatic N) is 2. The number of thiophene rings is 1. The second-order valence-corrected chi connectivity index (χ2v) is 5.81. The lowest BCUT2D eigenvalue weighted by molar-refractivity contribution is -0.384. The minimum atomic E-state index is -0.478. The Kier molecular flexibility index (Phi) is 4.17. The van der Waals surface area contributed by atoms with Gasteiger partial charge in [0, 0.05) is 30.9 Å². The van der Waals surface area contributed by atoms with Crippen LogP contribution in [0.1, 0.15) is 15.2 Å². The first-order valence-corrected chi connectivity index (χ1v) is 7.74. The number of benzene rings is 1. The van der Waals surface area contributed by atoms with Crippen LogP contribution in [0.2, 0.25) is 0 Å². The van der Waals surface area contributed by atoms with Gasteiger partial charge < -0.3 is 9.64 Å². The van der Waals surface area contributed by atoms with Gasteiger partial charge >= 0.3 is 0 Å². The van der Waals surface area contributed by atoms with Crippen molar-refractivity contribution in [1.82, 2.24) is 0 Å². The van der Waals surface area contributed by atoms with E-state index in [9.17, 15) is 14.9 Å². The first-order chi connectivity index (χ1) is 10.7. The zero-order chi connectivity index (χ0) is 15.5. The maximum absolute atomic E-state index is 12.7. The Bertz CT molecular complexity index is 694. The normalized spacial score (nSPS) is 14.8. The lowest BCUT2D eigenvalue weighted by Gasteiger charge is -2.30. The van der Waals surface area contributed by atoms with Crippen molar-refractivity contribution in [1.29, 1.82) is 0 Å². The minimum absolute atomic E-state index is 0.0723. The molecule has 2 aromatic rings. The summed E-state index contributed by atoms with van der Waals surface area (Å²) in [5, 5.41) is 12.8. The monoisotopic (exact) mass is 318 g/mol. The van der Waals surface area contributed by atoms with E-state index in [-0.39, 0.29) is 11.5 Å². The number of rotatable bonds is 4. The minimum Gasteiger partial charge on any atom is -0.378 e. The van der Waals surface area contributed by atoms with Gasteiger partial charge in [0.2, 0.25) is 5.78 Å². The Morgan fingerprint density at radius 1 is 1.27 bits per heavy atom. The fraction of sp³-hybridized carbons (Fsp3) is 0.267. The molecule has 3 rings (SSSR count). The molecule has 6 nitrogen and oxygen atoms in total. The summed E-state index contributed by atoms with van der Waals surface area (Å²) in [4.78, 5) is 25.8. The van der Waals surface area contributed by atoms with Crippen molar-refractivity contribution in [2.24, 2.45) is 0 Å². The summed E-state index contributed by atoms with van der Waals surface area (Å²) in [6, 6.07) is 7.99. The Balaban J connectivity index is 2.04. The lowest BCUT2D eigenvalue weighted by atomic mass is 10.0. The molecule has 0 radical (unpaired) electrons. The molecule has 114 valence electrons. The topological polar surface area (TPSA) is 72.7 Å². The van der Waals surface area contributed by atoms with Gasteiger partial charge in [0.15, 0.2) is 0 Å². The Hall–Kier alpha value is -2.25. The lowest BCUT2D eigenvalue weighted by Crippen LogP contribution is -2.37. The van der Waals surface area contributed by atoms with Gasteiger partial charge in [0.25, 0.3) is 5.69 Å². The number of anilines is 1. The van der Waals surface area contributed by atoms with Crippen molar-refractivity contribution >= 4 is 28.5 Å². The molecule has 0 unspecified atom stereocenters. The zero-order valence-electron chi connectivity index (χ0n) is 11.7. The van der Waals surface area contributed by atoms with Crippen LogP contribution < -0.4 is 4.90 Å². The summed E-state index contributed by atoms with van der Waals surface area (Å²) in [5.41, 5.74) is 1.03. The molecular formula is C15H14N2O4S. The summed E-state index contributed by atoms with van der Waals surface area (Å²) in [7, 11) is 0. The van der Waals surface area contributed by atoms with E-state index >= 15 is 0 Å². The summed E-state index contributed by atoms with van der Waals surface area (Å²) in [6.45, 7) is 2.51. The van der Waals surface area contributed by atoms with Crippen LogP contribution in [0.4, 0.5) is 11.4 Å². The van der Waals surface area contributed by atoms with E-state index in [0.717, 1.165) is 5.69 Å². The molecule has 1 aromatic carbocycles. The van der Waals surface area contributed by atoms with E-state index < -0.39 is 4.92 Å². The molecule has 1 saturated heterocycles. The highest BCUT2D eigenvalue weighted by atomic mass is 32.1. The highest BCUT2D eigenvalue weighted by Crippen LogP contribution is 2.29. The number of carbonyl (C=O) groups is 1.